The van der Waals surface area contributed by atoms with E-state index in [-0.39, 0.29) is 5.12 Å². The molecule has 2 aromatic rings. The lowest BCUT2D eigenvalue weighted by Crippen LogP contribution is -2.43. The number of fused-ring (bicyclic) bond motifs is 1. The third kappa shape index (κ3) is 2.52. The second-order valence-electron chi connectivity index (χ2n) is 6.01. The van der Waals surface area contributed by atoms with Gasteiger partial charge in [-0.05, 0) is 24.3 Å². The van der Waals surface area contributed by atoms with Gasteiger partial charge in [-0.2, -0.15) is 0 Å². The van der Waals surface area contributed by atoms with E-state index in [1.54, 1.807) is 60.7 Å². The van der Waals surface area contributed by atoms with Gasteiger partial charge in [0.05, 0.1) is 6.04 Å². The average Bonchev–Trinajstić information content (AvgIpc) is 3.18. The van der Waals surface area contributed by atoms with E-state index in [4.69, 9.17) is 0 Å². The molecule has 7 heteroatoms. The molecule has 2 aliphatic rings. The third-order valence-corrected chi connectivity index (χ3v) is 5.54. The normalized spacial score (nSPS) is 21.8. The predicted octanol–water partition coefficient (Wildman–Crippen LogP) is 2.42. The minimum atomic E-state index is -0.937. The Labute approximate surface area is 153 Å². The molecule has 0 unspecified atom stereocenters. The van der Waals surface area contributed by atoms with E-state index in [0.29, 0.717) is 16.9 Å². The van der Waals surface area contributed by atoms with Crippen LogP contribution in [0.4, 0.5) is 4.79 Å². The SMILES string of the molecule is O=C1SC[C@H]2[C@@H]1N(C(=O)c1ccccc1)C(=O)N2C(=O)c1ccccc1. The van der Waals surface area contributed by atoms with Crippen molar-refractivity contribution >= 4 is 34.7 Å². The maximum atomic E-state index is 12.9. The molecule has 4 rings (SSSR count). The summed E-state index contributed by atoms with van der Waals surface area (Å²) >= 11 is 1.05. The van der Waals surface area contributed by atoms with Crippen LogP contribution < -0.4 is 0 Å². The number of nitrogens with zero attached hydrogens (tertiary/aromatic N) is 2. The minimum Gasteiger partial charge on any atom is -0.285 e. The van der Waals surface area contributed by atoms with Crippen molar-refractivity contribution in [2.45, 2.75) is 12.1 Å². The number of hydrogen-bond acceptors (Lipinski definition) is 5. The van der Waals surface area contributed by atoms with Crippen LogP contribution in [0.25, 0.3) is 0 Å². The molecule has 0 spiro atoms. The molecule has 0 N–H and O–H groups in total. The molecule has 0 saturated carbocycles. The Morgan fingerprint density at radius 3 is 1.85 bits per heavy atom. The van der Waals surface area contributed by atoms with E-state index >= 15 is 0 Å². The summed E-state index contributed by atoms with van der Waals surface area (Å²) in [6.07, 6.45) is 0. The van der Waals surface area contributed by atoms with Gasteiger partial charge in [0.1, 0.15) is 6.04 Å². The Balaban J connectivity index is 1.72. The van der Waals surface area contributed by atoms with Crippen molar-refractivity contribution in [1.82, 2.24) is 9.80 Å². The number of amides is 4. The van der Waals surface area contributed by atoms with Gasteiger partial charge >= 0.3 is 6.03 Å². The summed E-state index contributed by atoms with van der Waals surface area (Å²) in [7, 11) is 0. The highest BCUT2D eigenvalue weighted by Gasteiger charge is 2.57. The van der Waals surface area contributed by atoms with Crippen molar-refractivity contribution < 1.29 is 19.2 Å². The lowest BCUT2D eigenvalue weighted by Gasteiger charge is -2.19. The number of urea groups is 1. The van der Waals surface area contributed by atoms with Gasteiger partial charge in [0.25, 0.3) is 11.8 Å². The first-order valence-corrected chi connectivity index (χ1v) is 9.06. The van der Waals surface area contributed by atoms with Crippen LogP contribution in [0.2, 0.25) is 0 Å². The van der Waals surface area contributed by atoms with Crippen LogP contribution in [0.3, 0.4) is 0 Å². The molecule has 2 fully saturated rings. The Kier molecular flexibility index (Phi) is 4.08. The van der Waals surface area contributed by atoms with Gasteiger partial charge in [-0.15, -0.1) is 0 Å². The fourth-order valence-corrected chi connectivity index (χ4v) is 4.36. The minimum absolute atomic E-state index is 0.268. The molecule has 2 aliphatic heterocycles. The number of hydrogen-bond donors (Lipinski definition) is 0. The molecule has 0 radical (unpaired) electrons. The molecule has 0 bridgehead atoms. The zero-order valence-corrected chi connectivity index (χ0v) is 14.4. The van der Waals surface area contributed by atoms with Gasteiger partial charge in [0.2, 0.25) is 5.12 Å². The molecule has 26 heavy (non-hydrogen) atoms. The summed E-state index contributed by atoms with van der Waals surface area (Å²) in [6, 6.07) is 14.4. The fourth-order valence-electron chi connectivity index (χ4n) is 3.26. The molecule has 0 aromatic heterocycles. The lowest BCUT2D eigenvalue weighted by molar-refractivity contribution is -0.113. The molecule has 2 aromatic carbocycles. The molecule has 2 saturated heterocycles. The number of carbonyl (C=O) groups is 4. The molecule has 6 nitrogen and oxygen atoms in total. The molecule has 0 aliphatic carbocycles. The van der Waals surface area contributed by atoms with Crippen molar-refractivity contribution in [2.24, 2.45) is 0 Å². The Bertz CT molecular complexity index is 900. The van der Waals surface area contributed by atoms with Crippen LogP contribution in [-0.2, 0) is 4.79 Å². The topological polar surface area (TPSA) is 74.8 Å². The van der Waals surface area contributed by atoms with Gasteiger partial charge in [-0.3, -0.25) is 19.3 Å². The molecule has 130 valence electrons. The summed E-state index contributed by atoms with van der Waals surface area (Å²) in [5.74, 6) is -0.763. The van der Waals surface area contributed by atoms with Gasteiger partial charge in [-0.25, -0.2) is 9.69 Å². The molecule has 4 amide bonds. The maximum absolute atomic E-state index is 12.9. The van der Waals surface area contributed by atoms with Crippen molar-refractivity contribution in [3.05, 3.63) is 71.8 Å². The number of benzene rings is 2. The first-order valence-electron chi connectivity index (χ1n) is 8.07. The van der Waals surface area contributed by atoms with Crippen LogP contribution in [0.1, 0.15) is 20.7 Å². The summed E-state index contributed by atoms with van der Waals surface area (Å²) in [5, 5.41) is -0.268. The highest BCUT2D eigenvalue weighted by Crippen LogP contribution is 2.37. The fraction of sp³-hybridized carbons (Fsp3) is 0.158. The average molecular weight is 366 g/mol. The van der Waals surface area contributed by atoms with E-state index < -0.39 is 29.9 Å². The molecule has 2 atom stereocenters. The quantitative estimate of drug-likeness (QED) is 0.763. The largest absolute Gasteiger partial charge is 0.335 e. The van der Waals surface area contributed by atoms with Gasteiger partial charge in [0.15, 0.2) is 0 Å². The second kappa shape index (κ2) is 6.42. The van der Waals surface area contributed by atoms with Gasteiger partial charge < -0.3 is 0 Å². The zero-order valence-electron chi connectivity index (χ0n) is 13.6. The van der Waals surface area contributed by atoms with Crippen molar-refractivity contribution in [1.29, 1.82) is 0 Å². The van der Waals surface area contributed by atoms with E-state index in [1.807, 2.05) is 0 Å². The van der Waals surface area contributed by atoms with Gasteiger partial charge in [-0.1, -0.05) is 48.2 Å². The van der Waals surface area contributed by atoms with Gasteiger partial charge in [0, 0.05) is 16.9 Å². The van der Waals surface area contributed by atoms with Crippen LogP contribution in [-0.4, -0.2) is 50.6 Å². The Hall–Kier alpha value is -2.93. The summed E-state index contributed by atoms with van der Waals surface area (Å²) in [5.41, 5.74) is 0.649. The van der Waals surface area contributed by atoms with Crippen LogP contribution in [0.5, 0.6) is 0 Å². The van der Waals surface area contributed by atoms with Crippen molar-refractivity contribution in [3.63, 3.8) is 0 Å². The standard InChI is InChI=1S/C19H14N2O4S/c22-16(12-7-3-1-4-8-12)20-14-11-26-18(24)15(14)21(19(20)25)17(23)13-9-5-2-6-10-13/h1-10,14-15H,11H2/t14-,15-/m0/s1. The third-order valence-electron chi connectivity index (χ3n) is 4.50. The van der Waals surface area contributed by atoms with Crippen molar-refractivity contribution in [2.75, 3.05) is 5.75 Å². The van der Waals surface area contributed by atoms with E-state index in [2.05, 4.69) is 0 Å². The van der Waals surface area contributed by atoms with Crippen molar-refractivity contribution in [3.8, 4) is 0 Å². The summed E-state index contributed by atoms with van der Waals surface area (Å²) < 4.78 is 0. The predicted molar refractivity (Wildman–Crippen MR) is 95.7 cm³/mol. The zero-order chi connectivity index (χ0) is 18.3. The highest BCUT2D eigenvalue weighted by molar-refractivity contribution is 8.14. The summed E-state index contributed by atoms with van der Waals surface area (Å²) in [6.45, 7) is 0. The summed E-state index contributed by atoms with van der Waals surface area (Å²) in [4.78, 5) is 53.0. The first kappa shape index (κ1) is 16.5. The maximum Gasteiger partial charge on any atom is 0.335 e. The molecular weight excluding hydrogens is 352 g/mol. The lowest BCUT2D eigenvalue weighted by atomic mass is 10.1. The first-order chi connectivity index (χ1) is 12.6. The molecular formula is C19H14N2O4S. The van der Waals surface area contributed by atoms with Crippen LogP contribution in [0.15, 0.2) is 60.7 Å². The van der Waals surface area contributed by atoms with E-state index in [0.717, 1.165) is 21.6 Å². The second-order valence-corrected chi connectivity index (χ2v) is 7.03. The van der Waals surface area contributed by atoms with Crippen LogP contribution >= 0.6 is 11.8 Å². The molecule has 2 heterocycles. The Morgan fingerprint density at radius 1 is 0.808 bits per heavy atom. The Morgan fingerprint density at radius 2 is 1.31 bits per heavy atom. The van der Waals surface area contributed by atoms with E-state index in [9.17, 15) is 19.2 Å². The monoisotopic (exact) mass is 366 g/mol. The highest BCUT2D eigenvalue weighted by atomic mass is 32.2. The number of imide groups is 2. The number of rotatable bonds is 2. The smallest absolute Gasteiger partial charge is 0.285 e. The van der Waals surface area contributed by atoms with E-state index in [1.165, 1.54) is 0 Å². The van der Waals surface area contributed by atoms with Crippen LogP contribution in [0, 0.1) is 0 Å². The number of carbonyl (C=O) groups excluding carboxylic acids is 4. The number of thioether (sulfide) groups is 1.